The monoisotopic (exact) mass is 464 g/mol. The number of fused-ring (bicyclic) bond motifs is 1. The second-order valence-corrected chi connectivity index (χ2v) is 10.4. The van der Waals surface area contributed by atoms with Crippen molar-refractivity contribution in [1.29, 1.82) is 0 Å². The SMILES string of the molecule is O=S(=O)(NCCCCN1CCN(c2nsc3ccccc23)CC1)c1ccc(Cl)cc1. The molecular formula is C21H25ClN4O2S2. The van der Waals surface area contributed by atoms with Crippen LogP contribution < -0.4 is 9.62 Å². The Kier molecular flexibility index (Phi) is 6.90. The molecule has 4 rings (SSSR count). The van der Waals surface area contributed by atoms with E-state index >= 15 is 0 Å². The van der Waals surface area contributed by atoms with Crippen LogP contribution in [0, 0.1) is 0 Å². The van der Waals surface area contributed by atoms with Gasteiger partial charge in [0.05, 0.1) is 9.60 Å². The molecule has 0 amide bonds. The van der Waals surface area contributed by atoms with Crippen molar-refractivity contribution in [2.24, 2.45) is 0 Å². The van der Waals surface area contributed by atoms with Crippen LogP contribution in [-0.4, -0.2) is 57.0 Å². The number of hydrogen-bond donors (Lipinski definition) is 1. The quantitative estimate of drug-likeness (QED) is 0.513. The summed E-state index contributed by atoms with van der Waals surface area (Å²) >= 11 is 7.38. The van der Waals surface area contributed by atoms with E-state index in [1.165, 1.54) is 22.2 Å². The minimum atomic E-state index is -3.47. The van der Waals surface area contributed by atoms with Crippen LogP contribution in [0.4, 0.5) is 5.82 Å². The average Bonchev–Trinajstić information content (AvgIpc) is 3.18. The van der Waals surface area contributed by atoms with Gasteiger partial charge in [0.25, 0.3) is 0 Å². The maximum atomic E-state index is 12.3. The van der Waals surface area contributed by atoms with Gasteiger partial charge in [0.15, 0.2) is 0 Å². The van der Waals surface area contributed by atoms with Crippen molar-refractivity contribution in [2.45, 2.75) is 17.7 Å². The van der Waals surface area contributed by atoms with Gasteiger partial charge in [-0.05, 0) is 67.3 Å². The smallest absolute Gasteiger partial charge is 0.240 e. The maximum Gasteiger partial charge on any atom is 0.240 e. The first-order valence-electron chi connectivity index (χ1n) is 10.1. The van der Waals surface area contributed by atoms with Crippen molar-refractivity contribution in [3.63, 3.8) is 0 Å². The molecule has 1 aliphatic heterocycles. The highest BCUT2D eigenvalue weighted by molar-refractivity contribution is 7.89. The largest absolute Gasteiger partial charge is 0.353 e. The van der Waals surface area contributed by atoms with Gasteiger partial charge in [-0.25, -0.2) is 13.1 Å². The lowest BCUT2D eigenvalue weighted by molar-refractivity contribution is 0.253. The van der Waals surface area contributed by atoms with Crippen LogP contribution in [-0.2, 0) is 10.0 Å². The Morgan fingerprint density at radius 2 is 1.73 bits per heavy atom. The second-order valence-electron chi connectivity index (χ2n) is 7.39. The third-order valence-corrected chi connectivity index (χ3v) is 7.89. The molecule has 0 aliphatic carbocycles. The topological polar surface area (TPSA) is 65.5 Å². The van der Waals surface area contributed by atoms with Crippen molar-refractivity contribution in [3.05, 3.63) is 53.6 Å². The van der Waals surface area contributed by atoms with Gasteiger partial charge in [-0.2, -0.15) is 4.37 Å². The Balaban J connectivity index is 1.18. The Morgan fingerprint density at radius 1 is 1.00 bits per heavy atom. The first-order chi connectivity index (χ1) is 14.5. The fourth-order valence-corrected chi connectivity index (χ4v) is 5.64. The van der Waals surface area contributed by atoms with E-state index in [1.807, 2.05) is 0 Å². The van der Waals surface area contributed by atoms with Gasteiger partial charge in [-0.15, -0.1) is 0 Å². The number of benzene rings is 2. The summed E-state index contributed by atoms with van der Waals surface area (Å²) in [5.41, 5.74) is 0. The summed E-state index contributed by atoms with van der Waals surface area (Å²) in [6, 6.07) is 14.6. The molecule has 0 bridgehead atoms. The Hall–Kier alpha value is -1.71. The molecule has 1 aliphatic rings. The van der Waals surface area contributed by atoms with E-state index < -0.39 is 10.0 Å². The van der Waals surface area contributed by atoms with Gasteiger partial charge >= 0.3 is 0 Å². The highest BCUT2D eigenvalue weighted by Gasteiger charge is 2.20. The number of piperazine rings is 1. The molecule has 0 atom stereocenters. The number of rotatable bonds is 8. The predicted molar refractivity (Wildman–Crippen MR) is 124 cm³/mol. The molecule has 1 saturated heterocycles. The van der Waals surface area contributed by atoms with Crippen LogP contribution in [0.1, 0.15) is 12.8 Å². The second kappa shape index (κ2) is 9.62. The number of aromatic nitrogens is 1. The van der Waals surface area contributed by atoms with E-state index in [9.17, 15) is 8.42 Å². The number of unbranched alkanes of at least 4 members (excludes halogenated alkanes) is 1. The molecule has 3 aromatic rings. The Morgan fingerprint density at radius 3 is 2.50 bits per heavy atom. The molecule has 1 aromatic heterocycles. The number of halogens is 1. The summed E-state index contributed by atoms with van der Waals surface area (Å²) in [6.45, 7) is 5.36. The van der Waals surface area contributed by atoms with E-state index in [4.69, 9.17) is 11.6 Å². The summed E-state index contributed by atoms with van der Waals surface area (Å²) in [6.07, 6.45) is 1.77. The molecule has 9 heteroatoms. The lowest BCUT2D eigenvalue weighted by Gasteiger charge is -2.35. The van der Waals surface area contributed by atoms with Crippen LogP contribution in [0.5, 0.6) is 0 Å². The van der Waals surface area contributed by atoms with Crippen molar-refractivity contribution < 1.29 is 8.42 Å². The molecule has 2 aromatic carbocycles. The van der Waals surface area contributed by atoms with Gasteiger partial charge in [-0.1, -0.05) is 23.7 Å². The molecule has 2 heterocycles. The number of nitrogens with zero attached hydrogens (tertiary/aromatic N) is 3. The highest BCUT2D eigenvalue weighted by Crippen LogP contribution is 2.29. The number of anilines is 1. The summed E-state index contributed by atoms with van der Waals surface area (Å²) < 4.78 is 33.1. The summed E-state index contributed by atoms with van der Waals surface area (Å²) in [4.78, 5) is 5.06. The van der Waals surface area contributed by atoms with E-state index in [0.717, 1.165) is 51.4 Å². The lowest BCUT2D eigenvalue weighted by atomic mass is 10.2. The molecular weight excluding hydrogens is 440 g/mol. The fraction of sp³-hybridized carbons (Fsp3) is 0.381. The van der Waals surface area contributed by atoms with E-state index in [1.54, 1.807) is 23.7 Å². The van der Waals surface area contributed by atoms with Gasteiger partial charge < -0.3 is 4.90 Å². The normalized spacial score (nSPS) is 15.7. The van der Waals surface area contributed by atoms with E-state index in [0.29, 0.717) is 11.6 Å². The van der Waals surface area contributed by atoms with Crippen LogP contribution in [0.15, 0.2) is 53.4 Å². The lowest BCUT2D eigenvalue weighted by Crippen LogP contribution is -2.46. The van der Waals surface area contributed by atoms with Crippen LogP contribution in [0.2, 0.25) is 5.02 Å². The molecule has 0 spiro atoms. The van der Waals surface area contributed by atoms with Gasteiger partial charge in [0.2, 0.25) is 10.0 Å². The standard InChI is InChI=1S/C21H25ClN4O2S2/c22-17-7-9-18(10-8-17)30(27,28)23-11-3-4-12-25-13-15-26(16-14-25)21-19-5-1-2-6-20(19)29-24-21/h1-2,5-10,23H,3-4,11-16H2. The van der Waals surface area contributed by atoms with Crippen molar-refractivity contribution in [1.82, 2.24) is 14.0 Å². The molecule has 1 N–H and O–H groups in total. The minimum Gasteiger partial charge on any atom is -0.353 e. The van der Waals surface area contributed by atoms with Gasteiger partial charge in [0, 0.05) is 43.1 Å². The first-order valence-corrected chi connectivity index (χ1v) is 12.7. The van der Waals surface area contributed by atoms with Crippen molar-refractivity contribution in [3.8, 4) is 0 Å². The van der Waals surface area contributed by atoms with Crippen LogP contribution in [0.3, 0.4) is 0 Å². The Labute approximate surface area is 186 Å². The van der Waals surface area contributed by atoms with Gasteiger partial charge in [-0.3, -0.25) is 4.90 Å². The number of sulfonamides is 1. The first kappa shape index (κ1) is 21.5. The fourth-order valence-electron chi connectivity index (χ4n) is 3.65. The molecule has 160 valence electrons. The zero-order valence-corrected chi connectivity index (χ0v) is 19.0. The Bertz CT molecular complexity index is 1080. The van der Waals surface area contributed by atoms with E-state index in [-0.39, 0.29) is 4.90 Å². The summed E-state index contributed by atoms with van der Waals surface area (Å²) in [7, 11) is -3.47. The van der Waals surface area contributed by atoms with Crippen LogP contribution >= 0.6 is 23.1 Å². The predicted octanol–water partition coefficient (Wildman–Crippen LogP) is 3.83. The zero-order valence-electron chi connectivity index (χ0n) is 16.6. The molecule has 1 fully saturated rings. The van der Waals surface area contributed by atoms with E-state index in [2.05, 4.69) is 43.2 Å². The third-order valence-electron chi connectivity index (χ3n) is 5.35. The zero-order chi connectivity index (χ0) is 21.0. The van der Waals surface area contributed by atoms with Crippen LogP contribution in [0.25, 0.3) is 10.1 Å². The molecule has 30 heavy (non-hydrogen) atoms. The molecule has 0 unspecified atom stereocenters. The number of hydrogen-bond acceptors (Lipinski definition) is 6. The summed E-state index contributed by atoms with van der Waals surface area (Å²) in [5, 5.41) is 1.76. The van der Waals surface area contributed by atoms with Crippen molar-refractivity contribution >= 4 is 49.1 Å². The molecule has 0 saturated carbocycles. The average molecular weight is 465 g/mol. The number of nitrogens with one attached hydrogen (secondary N) is 1. The van der Waals surface area contributed by atoms with Crippen molar-refractivity contribution in [2.75, 3.05) is 44.2 Å². The molecule has 0 radical (unpaired) electrons. The summed E-state index contributed by atoms with van der Waals surface area (Å²) in [5.74, 6) is 1.10. The maximum absolute atomic E-state index is 12.3. The third kappa shape index (κ3) is 5.12. The highest BCUT2D eigenvalue weighted by atomic mass is 35.5. The van der Waals surface area contributed by atoms with Gasteiger partial charge in [0.1, 0.15) is 5.82 Å². The molecule has 6 nitrogen and oxygen atoms in total. The minimum absolute atomic E-state index is 0.248.